The molecule has 0 radical (unpaired) electrons. The molecule has 1 spiro atoms. The predicted octanol–water partition coefficient (Wildman–Crippen LogP) is 4.74. The molecule has 1 fully saturated rings. The van der Waals surface area contributed by atoms with E-state index >= 15 is 0 Å². The molecule has 1 N–H and O–H groups in total. The van der Waals surface area contributed by atoms with Crippen molar-refractivity contribution in [2.75, 3.05) is 0 Å². The third kappa shape index (κ3) is 2.97. The van der Waals surface area contributed by atoms with E-state index in [0.717, 1.165) is 41.0 Å². The van der Waals surface area contributed by atoms with Crippen LogP contribution in [0.4, 0.5) is 0 Å². The summed E-state index contributed by atoms with van der Waals surface area (Å²) in [5, 5.41) is 11.4. The van der Waals surface area contributed by atoms with Crippen molar-refractivity contribution in [3.05, 3.63) is 69.2 Å². The lowest BCUT2D eigenvalue weighted by Gasteiger charge is -2.41. The first-order valence-electron chi connectivity index (χ1n) is 9.42. The van der Waals surface area contributed by atoms with E-state index in [9.17, 15) is 5.11 Å². The topological polar surface area (TPSA) is 38.7 Å². The molecule has 138 valence electrons. The molecule has 4 heteroatoms. The number of halogens is 1. The third-order valence-corrected chi connectivity index (χ3v) is 6.01. The highest BCUT2D eigenvalue weighted by Crippen LogP contribution is 2.47. The second-order valence-corrected chi connectivity index (χ2v) is 7.78. The maximum absolute atomic E-state index is 10.6. The first kappa shape index (κ1) is 18.0. The minimum Gasteiger partial charge on any atom is -0.387 e. The van der Waals surface area contributed by atoms with E-state index in [1.165, 1.54) is 11.1 Å². The van der Waals surface area contributed by atoms with Gasteiger partial charge in [0.2, 0.25) is 5.79 Å². The highest BCUT2D eigenvalue weighted by Gasteiger charge is 2.51. The number of hydrogen-bond donors (Lipinski definition) is 1. The Balaban J connectivity index is 1.71. The largest absolute Gasteiger partial charge is 0.387 e. The summed E-state index contributed by atoms with van der Waals surface area (Å²) in [5.41, 5.74) is 5.61. The number of fused-ring (bicyclic) bond motifs is 2. The smallest absolute Gasteiger partial charge is 0.222 e. The normalized spacial score (nSPS) is 27.7. The quantitative estimate of drug-likeness (QED) is 0.846. The molecule has 2 aliphatic rings. The van der Waals surface area contributed by atoms with E-state index in [1.54, 1.807) is 0 Å². The van der Waals surface area contributed by atoms with Crippen LogP contribution in [0.3, 0.4) is 0 Å². The van der Waals surface area contributed by atoms with Crippen LogP contribution in [0.5, 0.6) is 0 Å². The summed E-state index contributed by atoms with van der Waals surface area (Å²) in [6.45, 7) is 4.60. The van der Waals surface area contributed by atoms with E-state index in [2.05, 4.69) is 31.2 Å². The SMILES string of the molecule is CCc1ccc(Cc2c(Cl)ccc3c2COC32OC(C)CCC2O)cc1. The Morgan fingerprint density at radius 2 is 1.85 bits per heavy atom. The van der Waals surface area contributed by atoms with Crippen LogP contribution in [0.2, 0.25) is 5.02 Å². The van der Waals surface area contributed by atoms with E-state index in [0.29, 0.717) is 13.0 Å². The molecule has 0 aromatic heterocycles. The Hall–Kier alpha value is -1.39. The number of rotatable bonds is 3. The fraction of sp³-hybridized carbons (Fsp3) is 0.455. The number of benzene rings is 2. The minimum absolute atomic E-state index is 0.0602. The Labute approximate surface area is 159 Å². The highest BCUT2D eigenvalue weighted by atomic mass is 35.5. The summed E-state index contributed by atoms with van der Waals surface area (Å²) in [7, 11) is 0. The Kier molecular flexibility index (Phi) is 4.83. The van der Waals surface area contributed by atoms with Crippen molar-refractivity contribution in [1.82, 2.24) is 0 Å². The number of ether oxygens (including phenoxy) is 2. The Morgan fingerprint density at radius 3 is 2.58 bits per heavy atom. The Morgan fingerprint density at radius 1 is 1.12 bits per heavy atom. The van der Waals surface area contributed by atoms with Gasteiger partial charge in [0.25, 0.3) is 0 Å². The van der Waals surface area contributed by atoms with Crippen LogP contribution in [0.1, 0.15) is 54.5 Å². The fourth-order valence-corrected chi connectivity index (χ4v) is 4.34. The molecule has 0 amide bonds. The second-order valence-electron chi connectivity index (χ2n) is 7.38. The van der Waals surface area contributed by atoms with E-state index < -0.39 is 11.9 Å². The van der Waals surface area contributed by atoms with Crippen molar-refractivity contribution in [2.24, 2.45) is 0 Å². The molecular weight excluding hydrogens is 348 g/mol. The van der Waals surface area contributed by atoms with Gasteiger partial charge in [-0.1, -0.05) is 48.9 Å². The maximum Gasteiger partial charge on any atom is 0.222 e. The lowest BCUT2D eigenvalue weighted by molar-refractivity contribution is -0.322. The number of aliphatic hydroxyl groups excluding tert-OH is 1. The molecular formula is C22H25ClO3. The summed E-state index contributed by atoms with van der Waals surface area (Å²) in [5.74, 6) is -1.04. The molecule has 0 saturated carbocycles. The third-order valence-electron chi connectivity index (χ3n) is 5.65. The van der Waals surface area contributed by atoms with Gasteiger partial charge in [-0.2, -0.15) is 0 Å². The van der Waals surface area contributed by atoms with Gasteiger partial charge in [0.1, 0.15) is 6.10 Å². The summed E-state index contributed by atoms with van der Waals surface area (Å²) in [6, 6.07) is 12.5. The second kappa shape index (κ2) is 6.97. The lowest BCUT2D eigenvalue weighted by Crippen LogP contribution is -2.48. The van der Waals surface area contributed by atoms with E-state index in [-0.39, 0.29) is 6.10 Å². The van der Waals surface area contributed by atoms with Crippen molar-refractivity contribution in [1.29, 1.82) is 0 Å². The predicted molar refractivity (Wildman–Crippen MR) is 102 cm³/mol. The molecule has 4 rings (SSSR count). The van der Waals surface area contributed by atoms with Gasteiger partial charge in [0.05, 0.1) is 12.7 Å². The van der Waals surface area contributed by atoms with Crippen molar-refractivity contribution >= 4 is 11.6 Å². The summed E-state index contributed by atoms with van der Waals surface area (Å²) >= 11 is 6.55. The van der Waals surface area contributed by atoms with Gasteiger partial charge in [-0.05, 0) is 60.9 Å². The van der Waals surface area contributed by atoms with Crippen LogP contribution >= 0.6 is 11.6 Å². The average Bonchev–Trinajstić information content (AvgIpc) is 3.01. The number of hydrogen-bond acceptors (Lipinski definition) is 3. The molecule has 2 heterocycles. The van der Waals surface area contributed by atoms with Crippen LogP contribution in [0.15, 0.2) is 36.4 Å². The van der Waals surface area contributed by atoms with Gasteiger partial charge in [0.15, 0.2) is 0 Å². The molecule has 3 unspecified atom stereocenters. The zero-order valence-corrected chi connectivity index (χ0v) is 16.1. The van der Waals surface area contributed by atoms with Crippen molar-refractivity contribution in [2.45, 2.75) is 64.1 Å². The summed E-state index contributed by atoms with van der Waals surface area (Å²) in [4.78, 5) is 0. The molecule has 3 atom stereocenters. The molecule has 3 nitrogen and oxygen atoms in total. The molecule has 2 aliphatic heterocycles. The monoisotopic (exact) mass is 372 g/mol. The van der Waals surface area contributed by atoms with Crippen molar-refractivity contribution < 1.29 is 14.6 Å². The summed E-state index contributed by atoms with van der Waals surface area (Å²) < 4.78 is 12.2. The van der Waals surface area contributed by atoms with Crippen molar-refractivity contribution in [3.8, 4) is 0 Å². The first-order chi connectivity index (χ1) is 12.5. The Bertz CT molecular complexity index is 802. The van der Waals surface area contributed by atoms with E-state index in [1.807, 2.05) is 19.1 Å². The number of aryl methyl sites for hydroxylation is 1. The zero-order valence-electron chi connectivity index (χ0n) is 15.3. The highest BCUT2D eigenvalue weighted by molar-refractivity contribution is 6.31. The molecule has 2 aromatic carbocycles. The fourth-order valence-electron chi connectivity index (χ4n) is 4.09. The van der Waals surface area contributed by atoms with Crippen LogP contribution in [-0.2, 0) is 34.7 Å². The van der Waals surface area contributed by atoms with Crippen LogP contribution < -0.4 is 0 Å². The van der Waals surface area contributed by atoms with Gasteiger partial charge >= 0.3 is 0 Å². The van der Waals surface area contributed by atoms with Crippen LogP contribution in [-0.4, -0.2) is 17.3 Å². The van der Waals surface area contributed by atoms with E-state index in [4.69, 9.17) is 21.1 Å². The van der Waals surface area contributed by atoms with Crippen molar-refractivity contribution in [3.63, 3.8) is 0 Å². The zero-order chi connectivity index (χ0) is 18.3. The van der Waals surface area contributed by atoms with Gasteiger partial charge in [-0.15, -0.1) is 0 Å². The molecule has 2 aromatic rings. The first-order valence-corrected chi connectivity index (χ1v) is 9.79. The molecule has 26 heavy (non-hydrogen) atoms. The molecule has 0 bridgehead atoms. The van der Waals surface area contributed by atoms with Crippen LogP contribution in [0.25, 0.3) is 0 Å². The maximum atomic E-state index is 10.6. The standard InChI is InChI=1S/C22H25ClO3/c1-3-15-5-7-16(8-6-15)12-17-18-13-25-22(19(18)9-10-20(17)23)21(24)11-4-14(2)26-22/h5-10,14,21,24H,3-4,11-13H2,1-2H3. The average molecular weight is 373 g/mol. The van der Waals surface area contributed by atoms with Gasteiger partial charge in [-0.3, -0.25) is 0 Å². The molecule has 0 aliphatic carbocycles. The lowest BCUT2D eigenvalue weighted by atomic mass is 9.88. The van der Waals surface area contributed by atoms with Gasteiger partial charge in [0, 0.05) is 10.6 Å². The number of aliphatic hydroxyl groups is 1. The van der Waals surface area contributed by atoms with Gasteiger partial charge < -0.3 is 14.6 Å². The minimum atomic E-state index is -1.04. The van der Waals surface area contributed by atoms with Crippen LogP contribution in [0, 0.1) is 0 Å². The molecule has 1 saturated heterocycles. The van der Waals surface area contributed by atoms with Gasteiger partial charge in [-0.25, -0.2) is 0 Å². The summed E-state index contributed by atoms with van der Waals surface area (Å²) in [6.07, 6.45) is 2.70.